The summed E-state index contributed by atoms with van der Waals surface area (Å²) >= 11 is 0. The number of carbonyl (C=O) groups excluding carboxylic acids is 4. The fourth-order valence-corrected chi connectivity index (χ4v) is 3.28. The van der Waals surface area contributed by atoms with Gasteiger partial charge in [0.05, 0.1) is 12.4 Å². The maximum Gasteiger partial charge on any atom is 0.326 e. The van der Waals surface area contributed by atoms with Crippen LogP contribution >= 0.6 is 0 Å². The van der Waals surface area contributed by atoms with Gasteiger partial charge in [0.2, 0.25) is 23.6 Å². The largest absolute Gasteiger partial charge is 0.481 e. The number of primary amides is 1. The number of hydrogen-bond donors (Lipinski definition) is 8. The molecule has 10 N–H and O–H groups in total. The number of H-pyrrole nitrogens is 1. The summed E-state index contributed by atoms with van der Waals surface area (Å²) in [7, 11) is 0. The number of amides is 4. The lowest BCUT2D eigenvalue weighted by Crippen LogP contribution is -2.58. The Morgan fingerprint density at radius 3 is 2.14 bits per heavy atom. The van der Waals surface area contributed by atoms with Crippen molar-refractivity contribution in [3.63, 3.8) is 0 Å². The van der Waals surface area contributed by atoms with Crippen molar-refractivity contribution in [1.82, 2.24) is 25.9 Å². The van der Waals surface area contributed by atoms with Crippen molar-refractivity contribution >= 4 is 35.6 Å². The van der Waals surface area contributed by atoms with E-state index in [4.69, 9.17) is 16.6 Å². The topological polar surface area (TPSA) is 260 Å². The smallest absolute Gasteiger partial charge is 0.326 e. The highest BCUT2D eigenvalue weighted by Crippen LogP contribution is 2.11. The molecule has 1 heterocycles. The highest BCUT2D eigenvalue weighted by molar-refractivity contribution is 5.94. The van der Waals surface area contributed by atoms with Crippen molar-refractivity contribution in [2.24, 2.45) is 17.4 Å². The molecule has 5 atom stereocenters. The summed E-state index contributed by atoms with van der Waals surface area (Å²) in [5.74, 6) is -5.99. The molecule has 0 aliphatic heterocycles. The van der Waals surface area contributed by atoms with Crippen LogP contribution in [0.25, 0.3) is 0 Å². The van der Waals surface area contributed by atoms with E-state index in [0.29, 0.717) is 12.1 Å². The third-order valence-corrected chi connectivity index (χ3v) is 5.71. The van der Waals surface area contributed by atoms with Gasteiger partial charge in [-0.05, 0) is 18.8 Å². The van der Waals surface area contributed by atoms with Crippen LogP contribution in [-0.2, 0) is 35.2 Å². The van der Waals surface area contributed by atoms with Gasteiger partial charge >= 0.3 is 11.9 Å². The fourth-order valence-electron chi connectivity index (χ4n) is 3.28. The van der Waals surface area contributed by atoms with E-state index in [1.807, 2.05) is 0 Å². The zero-order valence-electron chi connectivity index (χ0n) is 20.7. The second-order valence-electron chi connectivity index (χ2n) is 8.66. The standard InChI is InChI=1S/C22H35N7O8/c1-3-11(2)18(29-19(33)13(23)4-7-17(31)32)21(35)27-14(5-6-16(24)30)20(34)28-15(22(36)37)8-12-9-25-10-26-12/h9-11,13-15,18H,3-8,23H2,1-2H3,(H2,24,30)(H,25,26)(H,27,35)(H,28,34)(H,29,33)(H,31,32)(H,36,37). The number of nitrogens with zero attached hydrogens (tertiary/aromatic N) is 1. The van der Waals surface area contributed by atoms with Gasteiger partial charge in [0.1, 0.15) is 18.1 Å². The van der Waals surface area contributed by atoms with Gasteiger partial charge < -0.3 is 42.6 Å². The predicted molar refractivity (Wildman–Crippen MR) is 128 cm³/mol. The molecule has 1 aromatic heterocycles. The van der Waals surface area contributed by atoms with Crippen LogP contribution in [0, 0.1) is 5.92 Å². The average molecular weight is 526 g/mol. The SMILES string of the molecule is CCC(C)C(NC(=O)C(N)CCC(=O)O)C(=O)NC(CCC(N)=O)C(=O)NC(Cc1cnc[nH]1)C(=O)O. The van der Waals surface area contributed by atoms with Crippen LogP contribution in [0.3, 0.4) is 0 Å². The van der Waals surface area contributed by atoms with Gasteiger partial charge in [0.15, 0.2) is 0 Å². The van der Waals surface area contributed by atoms with Crippen LogP contribution in [0.1, 0.15) is 51.6 Å². The first-order chi connectivity index (χ1) is 17.3. The lowest BCUT2D eigenvalue weighted by Gasteiger charge is -2.28. The van der Waals surface area contributed by atoms with Gasteiger partial charge in [0, 0.05) is 31.2 Å². The normalized spacial score (nSPS) is 14.9. The van der Waals surface area contributed by atoms with Gasteiger partial charge in [-0.15, -0.1) is 0 Å². The summed E-state index contributed by atoms with van der Waals surface area (Å²) in [5, 5.41) is 25.6. The number of nitrogens with one attached hydrogen (secondary N) is 4. The quantitative estimate of drug-likeness (QED) is 0.111. The number of nitrogens with two attached hydrogens (primary N) is 2. The number of aromatic amines is 1. The molecule has 0 saturated carbocycles. The van der Waals surface area contributed by atoms with Gasteiger partial charge in [-0.1, -0.05) is 20.3 Å². The van der Waals surface area contributed by atoms with Crippen LogP contribution in [0.2, 0.25) is 0 Å². The van der Waals surface area contributed by atoms with Crippen LogP contribution in [0.5, 0.6) is 0 Å². The summed E-state index contributed by atoms with van der Waals surface area (Å²) < 4.78 is 0. The summed E-state index contributed by atoms with van der Waals surface area (Å²) in [6.45, 7) is 3.45. The fraction of sp³-hybridized carbons (Fsp3) is 0.591. The first kappa shape index (κ1) is 31.0. The van der Waals surface area contributed by atoms with E-state index in [9.17, 15) is 33.9 Å². The molecule has 0 saturated heterocycles. The Hall–Kier alpha value is -4.01. The minimum absolute atomic E-state index is 0.114. The Balaban J connectivity index is 3.02. The molecule has 206 valence electrons. The molecule has 15 heteroatoms. The maximum absolute atomic E-state index is 13.1. The number of carbonyl (C=O) groups is 6. The molecule has 0 bridgehead atoms. The van der Waals surface area contributed by atoms with E-state index in [2.05, 4.69) is 25.9 Å². The molecule has 5 unspecified atom stereocenters. The van der Waals surface area contributed by atoms with Crippen molar-refractivity contribution in [2.75, 3.05) is 0 Å². The molecule has 0 aromatic carbocycles. The molecule has 0 fully saturated rings. The molecule has 1 aromatic rings. The van der Waals surface area contributed by atoms with E-state index < -0.39 is 65.7 Å². The average Bonchev–Trinajstić information content (AvgIpc) is 3.35. The molecule has 0 aliphatic carbocycles. The molecule has 37 heavy (non-hydrogen) atoms. The van der Waals surface area contributed by atoms with E-state index in [1.165, 1.54) is 12.5 Å². The Bertz CT molecular complexity index is 953. The second kappa shape index (κ2) is 15.2. The molecule has 0 spiro atoms. The first-order valence-electron chi connectivity index (χ1n) is 11.7. The highest BCUT2D eigenvalue weighted by atomic mass is 16.4. The number of carboxylic acid groups (broad SMARTS) is 2. The van der Waals surface area contributed by atoms with E-state index >= 15 is 0 Å². The molecule has 4 amide bonds. The lowest BCUT2D eigenvalue weighted by molar-refractivity contribution is -0.142. The number of aromatic nitrogens is 2. The summed E-state index contributed by atoms with van der Waals surface area (Å²) in [6, 6.07) is -5.02. The lowest BCUT2D eigenvalue weighted by atomic mass is 9.96. The van der Waals surface area contributed by atoms with E-state index in [-0.39, 0.29) is 32.1 Å². The third kappa shape index (κ3) is 11.1. The Labute approximate surface area is 213 Å². The highest BCUT2D eigenvalue weighted by Gasteiger charge is 2.32. The van der Waals surface area contributed by atoms with Crippen LogP contribution in [0.15, 0.2) is 12.5 Å². The monoisotopic (exact) mass is 525 g/mol. The maximum atomic E-state index is 13.1. The zero-order valence-corrected chi connectivity index (χ0v) is 20.7. The van der Waals surface area contributed by atoms with Gasteiger partial charge in [0.25, 0.3) is 0 Å². The van der Waals surface area contributed by atoms with Gasteiger partial charge in [-0.2, -0.15) is 0 Å². The van der Waals surface area contributed by atoms with Crippen molar-refractivity contribution in [1.29, 1.82) is 0 Å². The summed E-state index contributed by atoms with van der Waals surface area (Å²) in [6.07, 6.45) is 2.10. The van der Waals surface area contributed by atoms with Gasteiger partial charge in [-0.25, -0.2) is 9.78 Å². The summed E-state index contributed by atoms with van der Waals surface area (Å²) in [4.78, 5) is 78.8. The molecule has 1 rings (SSSR count). The predicted octanol–water partition coefficient (Wildman–Crippen LogP) is -2.01. The Kier molecular flexibility index (Phi) is 12.7. The first-order valence-corrected chi connectivity index (χ1v) is 11.7. The second-order valence-corrected chi connectivity index (χ2v) is 8.66. The number of aliphatic carboxylic acids is 2. The molecule has 15 nitrogen and oxygen atoms in total. The Morgan fingerprint density at radius 1 is 0.973 bits per heavy atom. The summed E-state index contributed by atoms with van der Waals surface area (Å²) in [5.41, 5.74) is 11.4. The molecular formula is C22H35N7O8. The molecule has 0 aliphatic rings. The third-order valence-electron chi connectivity index (χ3n) is 5.71. The Morgan fingerprint density at radius 2 is 1.62 bits per heavy atom. The number of imidazole rings is 1. The van der Waals surface area contributed by atoms with Crippen LogP contribution < -0.4 is 27.4 Å². The van der Waals surface area contributed by atoms with Crippen LogP contribution in [0.4, 0.5) is 0 Å². The van der Waals surface area contributed by atoms with Crippen molar-refractivity contribution in [3.05, 3.63) is 18.2 Å². The minimum Gasteiger partial charge on any atom is -0.481 e. The number of hydrogen-bond acceptors (Lipinski definition) is 8. The van der Waals surface area contributed by atoms with Crippen LogP contribution in [-0.4, -0.2) is 79.9 Å². The van der Waals surface area contributed by atoms with Crippen molar-refractivity contribution in [2.45, 2.75) is 76.5 Å². The zero-order chi connectivity index (χ0) is 28.1. The van der Waals surface area contributed by atoms with Crippen molar-refractivity contribution in [3.8, 4) is 0 Å². The molecular weight excluding hydrogens is 490 g/mol. The number of rotatable bonds is 17. The number of carboxylic acids is 2. The van der Waals surface area contributed by atoms with Gasteiger partial charge in [-0.3, -0.25) is 24.0 Å². The van der Waals surface area contributed by atoms with Crippen molar-refractivity contribution < 1.29 is 39.0 Å². The van der Waals surface area contributed by atoms with E-state index in [1.54, 1.807) is 13.8 Å². The van der Waals surface area contributed by atoms with E-state index in [0.717, 1.165) is 0 Å². The molecule has 0 radical (unpaired) electrons. The minimum atomic E-state index is -1.36.